The number of thioether (sulfide) groups is 1. The predicted octanol–water partition coefficient (Wildman–Crippen LogP) is 5.55. The van der Waals surface area contributed by atoms with Gasteiger partial charge in [0.25, 0.3) is 5.91 Å². The number of hydrogen-bond acceptors (Lipinski definition) is 5. The van der Waals surface area contributed by atoms with Crippen LogP contribution in [0.4, 0.5) is 0 Å². The first kappa shape index (κ1) is 19.9. The molecule has 3 aromatic rings. The molecule has 5 rings (SSSR count). The van der Waals surface area contributed by atoms with E-state index in [1.807, 2.05) is 72.8 Å². The maximum absolute atomic E-state index is 13.5. The Morgan fingerprint density at radius 3 is 2.29 bits per heavy atom. The van der Waals surface area contributed by atoms with Gasteiger partial charge in [-0.3, -0.25) is 9.69 Å². The van der Waals surface area contributed by atoms with Gasteiger partial charge in [-0.2, -0.15) is 10.1 Å². The summed E-state index contributed by atoms with van der Waals surface area (Å²) in [5, 5.41) is 8.36. The zero-order valence-electron chi connectivity index (χ0n) is 16.1. The first-order valence-electron chi connectivity index (χ1n) is 9.50. The lowest BCUT2D eigenvalue weighted by molar-refractivity contribution is 0.0788. The Morgan fingerprint density at radius 1 is 0.935 bits per heavy atom. The number of amides is 1. The monoisotopic (exact) mass is 462 g/mol. The Hall–Kier alpha value is -3.00. The van der Waals surface area contributed by atoms with E-state index in [4.69, 9.17) is 28.8 Å². The largest absolute Gasteiger partial charge is 0.269 e. The molecule has 0 aliphatic carbocycles. The molecule has 0 fully saturated rings. The molecular formula is C23H15ClN4OS2. The number of rotatable bonds is 3. The maximum Gasteiger partial charge on any atom is 0.262 e. The van der Waals surface area contributed by atoms with Crippen molar-refractivity contribution in [1.82, 2.24) is 9.91 Å². The van der Waals surface area contributed by atoms with Gasteiger partial charge in [0.05, 0.1) is 5.02 Å². The third-order valence-electron chi connectivity index (χ3n) is 4.87. The van der Waals surface area contributed by atoms with Crippen molar-refractivity contribution in [3.8, 4) is 0 Å². The third kappa shape index (κ3) is 3.65. The second-order valence-electron chi connectivity index (χ2n) is 6.82. The van der Waals surface area contributed by atoms with Crippen LogP contribution < -0.4 is 0 Å². The molecule has 1 atom stereocenters. The standard InChI is InChI=1S/C23H15ClN4OS2/c24-18-14-8-7-13-17(18)20-26-28-22(31-20)25-19(15-9-3-1-4-10-15)27(23(28)30)21(29)16-11-5-2-6-12-16/h1-14,19H. The number of hydrogen-bond donors (Lipinski definition) is 0. The number of aliphatic imine (C=N–C) groups is 1. The molecule has 0 radical (unpaired) electrons. The van der Waals surface area contributed by atoms with Crippen LogP contribution in [0.2, 0.25) is 5.02 Å². The highest BCUT2D eigenvalue weighted by atomic mass is 35.5. The van der Waals surface area contributed by atoms with E-state index in [2.05, 4.69) is 5.10 Å². The van der Waals surface area contributed by atoms with Crippen LogP contribution in [0.25, 0.3) is 0 Å². The highest BCUT2D eigenvalue weighted by Crippen LogP contribution is 2.37. The fourth-order valence-corrected chi connectivity index (χ4v) is 4.97. The number of amidine groups is 1. The number of fused-ring (bicyclic) bond motifs is 1. The number of hydrazone groups is 1. The van der Waals surface area contributed by atoms with Gasteiger partial charge < -0.3 is 0 Å². The van der Waals surface area contributed by atoms with Gasteiger partial charge in [-0.15, -0.1) is 0 Å². The molecule has 2 aliphatic heterocycles. The van der Waals surface area contributed by atoms with Crippen LogP contribution in [0.15, 0.2) is 95.0 Å². The van der Waals surface area contributed by atoms with Crippen molar-refractivity contribution in [2.75, 3.05) is 0 Å². The summed E-state index contributed by atoms with van der Waals surface area (Å²) in [4.78, 5) is 19.8. The number of benzene rings is 3. The Morgan fingerprint density at radius 2 is 1.58 bits per heavy atom. The van der Waals surface area contributed by atoms with E-state index in [1.165, 1.54) is 16.7 Å². The van der Waals surface area contributed by atoms with Gasteiger partial charge in [0.15, 0.2) is 11.3 Å². The fraction of sp³-hybridized carbons (Fsp3) is 0.0435. The Labute approximate surface area is 194 Å². The molecule has 5 nitrogen and oxygen atoms in total. The lowest BCUT2D eigenvalue weighted by atomic mass is 10.1. The Bertz CT molecular complexity index is 1230. The van der Waals surface area contributed by atoms with E-state index in [0.29, 0.717) is 20.8 Å². The number of thiocarbonyl (C=S) groups is 1. The molecule has 0 aromatic heterocycles. The minimum absolute atomic E-state index is 0.228. The summed E-state index contributed by atoms with van der Waals surface area (Å²) in [6, 6.07) is 26.2. The van der Waals surface area contributed by atoms with Crippen LogP contribution in [0.3, 0.4) is 0 Å². The number of carbonyl (C=O) groups is 1. The predicted molar refractivity (Wildman–Crippen MR) is 129 cm³/mol. The fourth-order valence-electron chi connectivity index (χ4n) is 3.37. The van der Waals surface area contributed by atoms with Gasteiger partial charge in [0, 0.05) is 11.1 Å². The van der Waals surface area contributed by atoms with Crippen LogP contribution in [-0.4, -0.2) is 31.1 Å². The highest BCUT2D eigenvalue weighted by molar-refractivity contribution is 8.27. The molecule has 3 aromatic carbocycles. The van der Waals surface area contributed by atoms with Crippen LogP contribution in [-0.2, 0) is 0 Å². The molecule has 0 bridgehead atoms. The van der Waals surface area contributed by atoms with Crippen molar-refractivity contribution in [2.45, 2.75) is 6.17 Å². The van der Waals surface area contributed by atoms with Crippen LogP contribution in [0.1, 0.15) is 27.7 Å². The SMILES string of the molecule is O=C(c1ccccc1)N1C(=S)N2N=C(c3ccccc3Cl)SC2=NC1c1ccccc1. The Balaban J connectivity index is 1.59. The first-order valence-corrected chi connectivity index (χ1v) is 11.1. The van der Waals surface area contributed by atoms with Gasteiger partial charge in [-0.05, 0) is 47.7 Å². The molecule has 152 valence electrons. The summed E-state index contributed by atoms with van der Waals surface area (Å²) in [7, 11) is 0. The number of carbonyl (C=O) groups excluding carboxylic acids is 1. The summed E-state index contributed by atoms with van der Waals surface area (Å²) >= 11 is 13.5. The molecule has 2 aliphatic rings. The van der Waals surface area contributed by atoms with Crippen molar-refractivity contribution in [3.05, 3.63) is 107 Å². The van der Waals surface area contributed by atoms with Gasteiger partial charge in [0.2, 0.25) is 5.11 Å². The smallest absolute Gasteiger partial charge is 0.262 e. The molecule has 31 heavy (non-hydrogen) atoms. The third-order valence-corrected chi connectivity index (χ3v) is 6.52. The second kappa shape index (κ2) is 8.26. The van der Waals surface area contributed by atoms with E-state index in [0.717, 1.165) is 11.1 Å². The molecule has 0 spiro atoms. The van der Waals surface area contributed by atoms with E-state index >= 15 is 0 Å². The minimum atomic E-state index is -0.582. The molecule has 0 saturated heterocycles. The zero-order valence-corrected chi connectivity index (χ0v) is 18.4. The number of nitrogens with zero attached hydrogens (tertiary/aromatic N) is 4. The topological polar surface area (TPSA) is 48.3 Å². The minimum Gasteiger partial charge on any atom is -0.269 e. The highest BCUT2D eigenvalue weighted by Gasteiger charge is 2.41. The summed E-state index contributed by atoms with van der Waals surface area (Å²) in [5.41, 5.74) is 2.20. The molecular weight excluding hydrogens is 448 g/mol. The average molecular weight is 463 g/mol. The van der Waals surface area contributed by atoms with Gasteiger partial charge in [-0.1, -0.05) is 78.3 Å². The molecule has 8 heteroatoms. The first-order chi connectivity index (χ1) is 15.1. The molecule has 0 N–H and O–H groups in total. The van der Waals surface area contributed by atoms with Crippen molar-refractivity contribution >= 4 is 56.8 Å². The molecule has 1 unspecified atom stereocenters. The van der Waals surface area contributed by atoms with E-state index in [1.54, 1.807) is 17.1 Å². The van der Waals surface area contributed by atoms with Gasteiger partial charge >= 0.3 is 0 Å². The van der Waals surface area contributed by atoms with Crippen LogP contribution in [0.5, 0.6) is 0 Å². The average Bonchev–Trinajstić information content (AvgIpc) is 3.24. The van der Waals surface area contributed by atoms with Crippen LogP contribution in [0, 0.1) is 0 Å². The maximum atomic E-state index is 13.5. The summed E-state index contributed by atoms with van der Waals surface area (Å²) < 4.78 is 0. The molecule has 2 heterocycles. The van der Waals surface area contributed by atoms with E-state index < -0.39 is 6.17 Å². The second-order valence-corrected chi connectivity index (χ2v) is 8.55. The Kier molecular flexibility index (Phi) is 5.31. The molecule has 1 amide bonds. The van der Waals surface area contributed by atoms with E-state index in [-0.39, 0.29) is 11.0 Å². The van der Waals surface area contributed by atoms with Gasteiger partial charge in [0.1, 0.15) is 5.04 Å². The van der Waals surface area contributed by atoms with Crippen molar-refractivity contribution < 1.29 is 4.79 Å². The number of halogens is 1. The quantitative estimate of drug-likeness (QED) is 0.479. The summed E-state index contributed by atoms with van der Waals surface area (Å²) in [6.07, 6.45) is -0.582. The lowest BCUT2D eigenvalue weighted by Crippen LogP contribution is -2.49. The van der Waals surface area contributed by atoms with Gasteiger partial charge in [-0.25, -0.2) is 4.99 Å². The van der Waals surface area contributed by atoms with Crippen LogP contribution >= 0.6 is 35.6 Å². The van der Waals surface area contributed by atoms with Crippen molar-refractivity contribution in [1.29, 1.82) is 0 Å². The normalized spacial score (nSPS) is 17.8. The summed E-state index contributed by atoms with van der Waals surface area (Å²) in [6.45, 7) is 0. The molecule has 0 saturated carbocycles. The van der Waals surface area contributed by atoms with E-state index in [9.17, 15) is 4.79 Å². The zero-order chi connectivity index (χ0) is 21.4. The van der Waals surface area contributed by atoms with Crippen molar-refractivity contribution in [2.24, 2.45) is 10.1 Å². The lowest BCUT2D eigenvalue weighted by Gasteiger charge is -2.36. The summed E-state index contributed by atoms with van der Waals surface area (Å²) in [5.74, 6) is -0.228. The van der Waals surface area contributed by atoms with Crippen molar-refractivity contribution in [3.63, 3.8) is 0 Å².